The molecule has 1 atom stereocenters. The fraction of sp³-hybridized carbons (Fsp3) is 0.235. The van der Waals surface area contributed by atoms with Crippen LogP contribution in [0.3, 0.4) is 0 Å². The number of thiophene rings is 2. The molecule has 4 nitrogen and oxygen atoms in total. The number of nitrogens with one attached hydrogen (secondary N) is 1. The van der Waals surface area contributed by atoms with Crippen molar-refractivity contribution < 1.29 is 14.3 Å². The Morgan fingerprint density at radius 1 is 1.35 bits per heavy atom. The van der Waals surface area contributed by atoms with Crippen molar-refractivity contribution in [2.24, 2.45) is 0 Å². The molecule has 0 radical (unpaired) electrons. The lowest BCUT2D eigenvalue weighted by atomic mass is 10.2. The van der Waals surface area contributed by atoms with Crippen LogP contribution in [0.4, 0.5) is 0 Å². The maximum absolute atomic E-state index is 12.2. The van der Waals surface area contributed by atoms with Gasteiger partial charge in [0.2, 0.25) is 0 Å². The summed E-state index contributed by atoms with van der Waals surface area (Å²) in [6.07, 6.45) is -0.602. The molecule has 3 aromatic heterocycles. The van der Waals surface area contributed by atoms with Crippen molar-refractivity contribution in [2.45, 2.75) is 26.5 Å². The lowest BCUT2D eigenvalue weighted by molar-refractivity contribution is 0.0950. The molecule has 0 saturated carbocycles. The summed E-state index contributed by atoms with van der Waals surface area (Å²) in [5.74, 6) is 1.21. The van der Waals surface area contributed by atoms with Crippen molar-refractivity contribution in [2.75, 3.05) is 0 Å². The SMILES string of the molecule is Cc1cc(C(=O)NCc2ccc([C@@H](O)c3ccsc3)s2)c(C)o1. The van der Waals surface area contributed by atoms with E-state index in [-0.39, 0.29) is 5.91 Å². The van der Waals surface area contributed by atoms with Crippen LogP contribution in [0.15, 0.2) is 39.4 Å². The predicted octanol–water partition coefficient (Wildman–Crippen LogP) is 4.03. The third-order valence-corrected chi connectivity index (χ3v) is 5.36. The Kier molecular flexibility index (Phi) is 4.66. The van der Waals surface area contributed by atoms with Crippen molar-refractivity contribution in [3.8, 4) is 0 Å². The van der Waals surface area contributed by atoms with Crippen molar-refractivity contribution in [3.05, 3.63) is 67.4 Å². The lowest BCUT2D eigenvalue weighted by Crippen LogP contribution is -2.22. The first-order chi connectivity index (χ1) is 11.0. The summed E-state index contributed by atoms with van der Waals surface area (Å²) < 4.78 is 5.37. The number of carbonyl (C=O) groups excluding carboxylic acids is 1. The van der Waals surface area contributed by atoms with Crippen LogP contribution in [-0.2, 0) is 6.54 Å². The Hall–Kier alpha value is -1.89. The summed E-state index contributed by atoms with van der Waals surface area (Å²) in [6, 6.07) is 7.50. The fourth-order valence-electron chi connectivity index (χ4n) is 2.35. The minimum Gasteiger partial charge on any atom is -0.466 e. The molecule has 0 unspecified atom stereocenters. The molecule has 0 aliphatic carbocycles. The van der Waals surface area contributed by atoms with Gasteiger partial charge in [-0.2, -0.15) is 11.3 Å². The summed E-state index contributed by atoms with van der Waals surface area (Å²) in [5, 5.41) is 17.1. The number of aliphatic hydroxyl groups excluding tert-OH is 1. The second-order valence-corrected chi connectivity index (χ2v) is 7.25. The van der Waals surface area contributed by atoms with Crippen LogP contribution in [0, 0.1) is 13.8 Å². The van der Waals surface area contributed by atoms with Gasteiger partial charge in [-0.05, 0) is 54.4 Å². The molecular formula is C17H17NO3S2. The van der Waals surface area contributed by atoms with E-state index in [1.165, 1.54) is 11.3 Å². The average Bonchev–Trinajstić information content (AvgIpc) is 3.25. The van der Waals surface area contributed by atoms with Gasteiger partial charge in [0.05, 0.1) is 12.1 Å². The van der Waals surface area contributed by atoms with E-state index in [2.05, 4.69) is 5.32 Å². The molecule has 6 heteroatoms. The molecule has 0 aromatic carbocycles. The number of aryl methyl sites for hydroxylation is 2. The maximum Gasteiger partial charge on any atom is 0.255 e. The Morgan fingerprint density at radius 3 is 2.83 bits per heavy atom. The predicted molar refractivity (Wildman–Crippen MR) is 92.1 cm³/mol. The van der Waals surface area contributed by atoms with Crippen molar-refractivity contribution in [1.29, 1.82) is 0 Å². The number of aliphatic hydroxyl groups is 1. The van der Waals surface area contributed by atoms with Gasteiger partial charge in [-0.3, -0.25) is 4.79 Å². The minimum absolute atomic E-state index is 0.146. The molecule has 3 rings (SSSR count). The molecule has 1 amide bonds. The van der Waals surface area contributed by atoms with Gasteiger partial charge in [-0.15, -0.1) is 11.3 Å². The number of hydrogen-bond donors (Lipinski definition) is 2. The molecule has 23 heavy (non-hydrogen) atoms. The van der Waals surface area contributed by atoms with Crippen molar-refractivity contribution in [1.82, 2.24) is 5.32 Å². The molecule has 3 heterocycles. The van der Waals surface area contributed by atoms with Gasteiger partial charge in [-0.1, -0.05) is 0 Å². The molecule has 0 saturated heterocycles. The molecule has 0 spiro atoms. The third-order valence-electron chi connectivity index (χ3n) is 3.52. The van der Waals surface area contributed by atoms with E-state index in [0.717, 1.165) is 21.1 Å². The average molecular weight is 347 g/mol. The molecule has 0 bridgehead atoms. The number of carbonyl (C=O) groups is 1. The van der Waals surface area contributed by atoms with E-state index in [1.807, 2.05) is 35.9 Å². The van der Waals surface area contributed by atoms with E-state index < -0.39 is 6.10 Å². The van der Waals surface area contributed by atoms with Crippen molar-refractivity contribution >= 4 is 28.6 Å². The van der Waals surface area contributed by atoms with E-state index in [1.54, 1.807) is 24.3 Å². The van der Waals surface area contributed by atoms with E-state index in [0.29, 0.717) is 17.9 Å². The molecule has 0 aliphatic rings. The van der Waals surface area contributed by atoms with Crippen LogP contribution in [0.2, 0.25) is 0 Å². The van der Waals surface area contributed by atoms with Gasteiger partial charge in [-0.25, -0.2) is 0 Å². The Morgan fingerprint density at radius 2 is 2.17 bits per heavy atom. The smallest absolute Gasteiger partial charge is 0.255 e. The summed E-state index contributed by atoms with van der Waals surface area (Å²) in [5.41, 5.74) is 1.47. The van der Waals surface area contributed by atoms with Gasteiger partial charge in [0.25, 0.3) is 5.91 Å². The van der Waals surface area contributed by atoms with Crippen LogP contribution in [0.1, 0.15) is 43.3 Å². The molecule has 3 aromatic rings. The topological polar surface area (TPSA) is 62.5 Å². The normalized spacial score (nSPS) is 12.3. The lowest BCUT2D eigenvalue weighted by Gasteiger charge is -2.05. The van der Waals surface area contributed by atoms with Gasteiger partial charge in [0.15, 0.2) is 0 Å². The van der Waals surface area contributed by atoms with E-state index >= 15 is 0 Å². The third kappa shape index (κ3) is 3.55. The zero-order chi connectivity index (χ0) is 16.4. The quantitative estimate of drug-likeness (QED) is 0.732. The molecule has 120 valence electrons. The number of amides is 1. The van der Waals surface area contributed by atoms with Gasteiger partial charge in [0.1, 0.15) is 17.6 Å². The zero-order valence-electron chi connectivity index (χ0n) is 12.8. The van der Waals surface area contributed by atoms with Crippen LogP contribution < -0.4 is 5.32 Å². The summed E-state index contributed by atoms with van der Waals surface area (Å²) in [6.45, 7) is 4.03. The number of rotatable bonds is 5. The Bertz CT molecular complexity index is 802. The largest absolute Gasteiger partial charge is 0.466 e. The molecular weight excluding hydrogens is 330 g/mol. The first-order valence-electron chi connectivity index (χ1n) is 7.18. The van der Waals surface area contributed by atoms with Crippen LogP contribution in [0.5, 0.6) is 0 Å². The summed E-state index contributed by atoms with van der Waals surface area (Å²) >= 11 is 3.07. The maximum atomic E-state index is 12.2. The highest BCUT2D eigenvalue weighted by Crippen LogP contribution is 2.29. The highest BCUT2D eigenvalue weighted by atomic mass is 32.1. The fourth-order valence-corrected chi connectivity index (χ4v) is 4.00. The number of hydrogen-bond acceptors (Lipinski definition) is 5. The first-order valence-corrected chi connectivity index (χ1v) is 8.94. The standard InChI is InChI=1S/C17H17NO3S2/c1-10-7-14(11(2)21-10)17(20)18-8-13-3-4-15(23-13)16(19)12-5-6-22-9-12/h3-7,9,16,19H,8H2,1-2H3,(H,18,20)/t16-/m0/s1. The Balaban J connectivity index is 1.63. The second-order valence-electron chi connectivity index (χ2n) is 5.27. The molecule has 0 aliphatic heterocycles. The monoisotopic (exact) mass is 347 g/mol. The molecule has 0 fully saturated rings. The van der Waals surface area contributed by atoms with Gasteiger partial charge < -0.3 is 14.8 Å². The molecule has 2 N–H and O–H groups in total. The van der Waals surface area contributed by atoms with E-state index in [9.17, 15) is 9.90 Å². The first kappa shape index (κ1) is 16.0. The summed E-state index contributed by atoms with van der Waals surface area (Å²) in [4.78, 5) is 14.0. The highest BCUT2D eigenvalue weighted by molar-refractivity contribution is 7.12. The zero-order valence-corrected chi connectivity index (χ0v) is 14.5. The van der Waals surface area contributed by atoms with Crippen LogP contribution in [-0.4, -0.2) is 11.0 Å². The minimum atomic E-state index is -0.602. The number of furan rings is 1. The van der Waals surface area contributed by atoms with Crippen LogP contribution in [0.25, 0.3) is 0 Å². The van der Waals surface area contributed by atoms with Crippen LogP contribution >= 0.6 is 22.7 Å². The summed E-state index contributed by atoms with van der Waals surface area (Å²) in [7, 11) is 0. The van der Waals surface area contributed by atoms with Gasteiger partial charge in [0, 0.05) is 9.75 Å². The van der Waals surface area contributed by atoms with Gasteiger partial charge >= 0.3 is 0 Å². The van der Waals surface area contributed by atoms with E-state index in [4.69, 9.17) is 4.42 Å². The highest BCUT2D eigenvalue weighted by Gasteiger charge is 2.15. The second kappa shape index (κ2) is 6.70. The Labute approximate surface area is 142 Å². The van der Waals surface area contributed by atoms with Crippen molar-refractivity contribution in [3.63, 3.8) is 0 Å².